The molecule has 11 nitrogen and oxygen atoms in total. The first kappa shape index (κ1) is 23.9. The molecule has 2 fully saturated rings. The molecule has 2 amide bonds. The van der Waals surface area contributed by atoms with Gasteiger partial charge in [0.25, 0.3) is 10.0 Å². The number of anilines is 3. The molecule has 0 saturated carbocycles. The van der Waals surface area contributed by atoms with E-state index in [1.165, 1.54) is 35.2 Å². The number of carbonyl (C=O) groups is 2. The molecule has 2 aromatic carbocycles. The van der Waals surface area contributed by atoms with Crippen LogP contribution in [0.25, 0.3) is 0 Å². The molecule has 2 heterocycles. The van der Waals surface area contributed by atoms with Crippen molar-refractivity contribution < 1.29 is 27.1 Å². The fraction of sp³-hybridized carbons (Fsp3) is 0.333. The maximum absolute atomic E-state index is 15.0. The molecule has 0 bridgehead atoms. The van der Waals surface area contributed by atoms with Crippen LogP contribution in [0, 0.1) is 5.82 Å². The van der Waals surface area contributed by atoms with Crippen LogP contribution in [0.1, 0.15) is 0 Å². The van der Waals surface area contributed by atoms with E-state index in [0.29, 0.717) is 30.0 Å². The predicted octanol–water partition coefficient (Wildman–Crippen LogP) is 0.693. The topological polar surface area (TPSA) is 137 Å². The Morgan fingerprint density at radius 3 is 2.59 bits per heavy atom. The van der Waals surface area contributed by atoms with Gasteiger partial charge in [-0.1, -0.05) is 0 Å². The molecule has 182 valence electrons. The Balaban J connectivity index is 1.46. The van der Waals surface area contributed by atoms with Gasteiger partial charge < -0.3 is 20.7 Å². The maximum Gasteiger partial charge on any atom is 0.414 e. The van der Waals surface area contributed by atoms with Crippen molar-refractivity contribution in [3.05, 3.63) is 48.3 Å². The van der Waals surface area contributed by atoms with Crippen molar-refractivity contribution in [3.63, 3.8) is 0 Å². The molecule has 13 heteroatoms. The number of ether oxygens (including phenoxy) is 1. The van der Waals surface area contributed by atoms with E-state index >= 15 is 0 Å². The molecule has 1 atom stereocenters. The van der Waals surface area contributed by atoms with Gasteiger partial charge in [0.1, 0.15) is 11.9 Å². The third kappa shape index (κ3) is 4.82. The molecule has 4 rings (SSSR count). The molecule has 0 radical (unpaired) electrons. The molecule has 0 aliphatic carbocycles. The van der Waals surface area contributed by atoms with Crippen LogP contribution in [-0.4, -0.2) is 70.7 Å². The van der Waals surface area contributed by atoms with Gasteiger partial charge in [-0.05, 0) is 42.5 Å². The number of amides is 2. The lowest BCUT2D eigenvalue weighted by atomic mass is 10.2. The lowest BCUT2D eigenvalue weighted by Gasteiger charge is -2.24. The second kappa shape index (κ2) is 9.93. The highest BCUT2D eigenvalue weighted by Gasteiger charge is 2.32. The smallest absolute Gasteiger partial charge is 0.414 e. The van der Waals surface area contributed by atoms with Crippen LogP contribution in [0.15, 0.2) is 47.4 Å². The average Bonchev–Trinajstić information content (AvgIpc) is 3.03. The number of nitrogens with one attached hydrogen (secondary N) is 2. The third-order valence-corrected chi connectivity index (χ3v) is 7.39. The summed E-state index contributed by atoms with van der Waals surface area (Å²) in [4.78, 5) is 25.7. The Morgan fingerprint density at radius 1 is 1.18 bits per heavy atom. The van der Waals surface area contributed by atoms with Crippen LogP contribution in [0.5, 0.6) is 0 Å². The standard InChI is InChI=1S/C21H25FN6O5S/c22-19-11-16(27-13-17(12-23)33-21(27)30)3-6-20(19)26-8-7-25-28(10-9-26)34(31,32)18-4-1-15(2-5-18)24-14-29/h1-6,11,14,17,25H,7-10,12-13,23H2,(H,24,29)/t17-/m0/s1. The normalized spacial score (nSPS) is 19.6. The number of halogens is 1. The van der Waals surface area contributed by atoms with E-state index < -0.39 is 28.0 Å². The summed E-state index contributed by atoms with van der Waals surface area (Å²) in [6.07, 6.45) is -0.497. The highest BCUT2D eigenvalue weighted by atomic mass is 32.2. The molecule has 2 aliphatic rings. The molecule has 34 heavy (non-hydrogen) atoms. The van der Waals surface area contributed by atoms with Crippen molar-refractivity contribution in [1.82, 2.24) is 9.84 Å². The van der Waals surface area contributed by atoms with E-state index in [1.807, 2.05) is 0 Å². The average molecular weight is 493 g/mol. The number of nitrogens with two attached hydrogens (primary N) is 1. The zero-order chi connectivity index (χ0) is 24.3. The lowest BCUT2D eigenvalue weighted by Crippen LogP contribution is -2.43. The zero-order valence-corrected chi connectivity index (χ0v) is 19.0. The monoisotopic (exact) mass is 492 g/mol. The lowest BCUT2D eigenvalue weighted by molar-refractivity contribution is -0.105. The highest BCUT2D eigenvalue weighted by Crippen LogP contribution is 2.28. The van der Waals surface area contributed by atoms with Crippen LogP contribution >= 0.6 is 0 Å². The van der Waals surface area contributed by atoms with Crippen molar-refractivity contribution in [2.24, 2.45) is 5.73 Å². The van der Waals surface area contributed by atoms with E-state index in [2.05, 4.69) is 10.7 Å². The Bertz CT molecular complexity index is 1160. The molecule has 0 aromatic heterocycles. The molecule has 4 N–H and O–H groups in total. The number of carbonyl (C=O) groups excluding carboxylic acids is 2. The van der Waals surface area contributed by atoms with Crippen molar-refractivity contribution in [2.75, 3.05) is 54.4 Å². The number of benzene rings is 2. The molecular weight excluding hydrogens is 467 g/mol. The number of hydrogen-bond acceptors (Lipinski definition) is 8. The van der Waals surface area contributed by atoms with Crippen LogP contribution < -0.4 is 26.3 Å². The van der Waals surface area contributed by atoms with Gasteiger partial charge >= 0.3 is 6.09 Å². The minimum absolute atomic E-state index is 0.0636. The first-order valence-corrected chi connectivity index (χ1v) is 12.1. The van der Waals surface area contributed by atoms with Gasteiger partial charge in [0.15, 0.2) is 0 Å². The first-order chi connectivity index (χ1) is 16.3. The van der Waals surface area contributed by atoms with Crippen molar-refractivity contribution in [3.8, 4) is 0 Å². The highest BCUT2D eigenvalue weighted by molar-refractivity contribution is 7.89. The summed E-state index contributed by atoms with van der Waals surface area (Å²) in [5.74, 6) is -0.531. The SMILES string of the molecule is NC[C@H]1CN(c2ccc(N3CCNN(S(=O)(=O)c4ccc(NC=O)cc4)CC3)c(F)c2)C(=O)O1. The van der Waals surface area contributed by atoms with Gasteiger partial charge in [-0.2, -0.15) is 0 Å². The van der Waals surface area contributed by atoms with E-state index in [1.54, 1.807) is 17.0 Å². The zero-order valence-electron chi connectivity index (χ0n) is 18.2. The van der Waals surface area contributed by atoms with Crippen molar-refractivity contribution >= 4 is 39.6 Å². The largest absolute Gasteiger partial charge is 0.443 e. The molecule has 2 aromatic rings. The van der Waals surface area contributed by atoms with Crippen LogP contribution in [0.2, 0.25) is 0 Å². The van der Waals surface area contributed by atoms with Gasteiger partial charge in [0.2, 0.25) is 6.41 Å². The Morgan fingerprint density at radius 2 is 1.94 bits per heavy atom. The Labute approximate surface area is 196 Å². The minimum Gasteiger partial charge on any atom is -0.443 e. The quantitative estimate of drug-likeness (QED) is 0.480. The fourth-order valence-corrected chi connectivity index (χ4v) is 5.17. The number of nitrogens with zero attached hydrogens (tertiary/aromatic N) is 3. The van der Waals surface area contributed by atoms with E-state index in [-0.39, 0.29) is 37.6 Å². The van der Waals surface area contributed by atoms with E-state index in [0.717, 1.165) is 4.41 Å². The van der Waals surface area contributed by atoms with Gasteiger partial charge in [-0.25, -0.2) is 23.0 Å². The van der Waals surface area contributed by atoms with Crippen LogP contribution in [0.4, 0.5) is 26.2 Å². The van der Waals surface area contributed by atoms with Crippen molar-refractivity contribution in [1.29, 1.82) is 0 Å². The number of cyclic esters (lactones) is 1. The third-order valence-electron chi connectivity index (χ3n) is 5.63. The number of sulfonamides is 1. The summed E-state index contributed by atoms with van der Waals surface area (Å²) in [7, 11) is -3.85. The minimum atomic E-state index is -3.85. The van der Waals surface area contributed by atoms with Gasteiger partial charge in [-0.15, -0.1) is 4.41 Å². The Hall–Kier alpha value is -3.26. The van der Waals surface area contributed by atoms with E-state index in [9.17, 15) is 22.4 Å². The number of rotatable bonds is 7. The Kier molecular flexibility index (Phi) is 6.97. The maximum atomic E-state index is 15.0. The van der Waals surface area contributed by atoms with Gasteiger partial charge in [0, 0.05) is 38.4 Å². The first-order valence-electron chi connectivity index (χ1n) is 10.6. The number of hydrogen-bond donors (Lipinski definition) is 3. The van der Waals surface area contributed by atoms with Crippen molar-refractivity contribution in [2.45, 2.75) is 11.0 Å². The molecule has 0 spiro atoms. The van der Waals surface area contributed by atoms with Gasteiger partial charge in [0.05, 0.1) is 22.8 Å². The predicted molar refractivity (Wildman–Crippen MR) is 123 cm³/mol. The molecule has 2 aliphatic heterocycles. The summed E-state index contributed by atoms with van der Waals surface area (Å²) in [5, 5.41) is 2.45. The van der Waals surface area contributed by atoms with E-state index in [4.69, 9.17) is 10.5 Å². The fourth-order valence-electron chi connectivity index (χ4n) is 3.85. The second-order valence-electron chi connectivity index (χ2n) is 7.75. The summed E-state index contributed by atoms with van der Waals surface area (Å²) in [6, 6.07) is 10.3. The second-order valence-corrected chi connectivity index (χ2v) is 9.61. The molecule has 0 unspecified atom stereocenters. The summed E-state index contributed by atoms with van der Waals surface area (Å²) < 4.78 is 47.3. The molecule has 2 saturated heterocycles. The van der Waals surface area contributed by atoms with Gasteiger partial charge in [-0.3, -0.25) is 9.69 Å². The number of hydrazine groups is 1. The van der Waals surface area contributed by atoms with Crippen LogP contribution in [-0.2, 0) is 19.6 Å². The summed E-state index contributed by atoms with van der Waals surface area (Å²) in [5.41, 5.74) is 9.57. The molecular formula is C21H25FN6O5S. The summed E-state index contributed by atoms with van der Waals surface area (Å²) >= 11 is 0. The summed E-state index contributed by atoms with van der Waals surface area (Å²) in [6.45, 7) is 1.39. The van der Waals surface area contributed by atoms with Crippen LogP contribution in [0.3, 0.4) is 0 Å².